The maximum absolute atomic E-state index is 14.2. The van der Waals surface area contributed by atoms with Gasteiger partial charge in [-0.2, -0.15) is 0 Å². The van der Waals surface area contributed by atoms with E-state index < -0.39 is 119 Å². The molecule has 121 heavy (non-hydrogen) atoms. The Morgan fingerprint density at radius 1 is 0.174 bits per heavy atom. The van der Waals surface area contributed by atoms with E-state index in [1.807, 2.05) is 0 Å². The molecule has 19 N–H and O–H groups in total. The van der Waals surface area contributed by atoms with E-state index in [2.05, 4.69) is 0 Å². The number of carbonyl (C=O) groups excluding carboxylic acids is 10. The molecule has 10 atom stereocenters. The lowest BCUT2D eigenvalue weighted by atomic mass is 9.76. The third-order valence-corrected chi connectivity index (χ3v) is 14.4. The Kier molecular flexibility index (Phi) is 123. The highest BCUT2D eigenvalue weighted by Crippen LogP contribution is 2.37. The second-order valence-corrected chi connectivity index (χ2v) is 23.8. The molecule has 0 aromatic carbocycles. The largest absolute Gasteiger partial charge is 0.466 e. The fourth-order valence-electron chi connectivity index (χ4n) is 9.52. The van der Waals surface area contributed by atoms with Crippen molar-refractivity contribution in [2.24, 2.45) is 59.2 Å². The highest BCUT2D eigenvalue weighted by Gasteiger charge is 2.42. The predicted octanol–water partition coefficient (Wildman–Crippen LogP) is -3.50. The van der Waals surface area contributed by atoms with Gasteiger partial charge >= 0.3 is 59.7 Å². The van der Waals surface area contributed by atoms with Crippen LogP contribution in [0.4, 0.5) is 0 Å². The normalized spacial score (nSPS) is 12.6. The summed E-state index contributed by atoms with van der Waals surface area (Å²) in [6, 6.07) is 0. The molecule has 0 saturated carbocycles. The monoisotopic (exact) mass is 1780 g/mol. The first-order valence-corrected chi connectivity index (χ1v) is 40.6. The van der Waals surface area contributed by atoms with Crippen molar-refractivity contribution in [3.05, 3.63) is 0 Å². The molecule has 0 spiro atoms. The lowest BCUT2D eigenvalue weighted by Gasteiger charge is -2.29. The molecule has 0 aromatic heterocycles. The van der Waals surface area contributed by atoms with Crippen molar-refractivity contribution in [1.82, 2.24) is 0 Å². The number of ether oxygens (including phenoxy) is 14. The van der Waals surface area contributed by atoms with Crippen LogP contribution in [-0.2, 0) is 114 Å². The second kappa shape index (κ2) is 110. The van der Waals surface area contributed by atoms with Crippen LogP contribution in [-0.4, -0.2) is 401 Å². The first-order chi connectivity index (χ1) is 58.0. The summed E-state index contributed by atoms with van der Waals surface area (Å²) in [7, 11) is 0. The number of aliphatic hydroxyl groups is 19. The molecule has 0 aliphatic rings. The molecule has 0 aromatic rings. The van der Waals surface area contributed by atoms with Crippen molar-refractivity contribution in [3.63, 3.8) is 0 Å². The average Bonchev–Trinajstić information content (AvgIpc) is 0.839. The zero-order chi connectivity index (χ0) is 94.7. The van der Waals surface area contributed by atoms with Gasteiger partial charge in [0.25, 0.3) is 0 Å². The minimum Gasteiger partial charge on any atom is -0.466 e. The second-order valence-electron chi connectivity index (χ2n) is 23.8. The van der Waals surface area contributed by atoms with E-state index in [1.54, 1.807) is 76.2 Å². The molecule has 10 unspecified atom stereocenters. The van der Waals surface area contributed by atoms with Gasteiger partial charge in [-0.15, -0.1) is 0 Å². The van der Waals surface area contributed by atoms with Crippen LogP contribution in [0.5, 0.6) is 0 Å². The number of rotatable bonds is 61. The van der Waals surface area contributed by atoms with Crippen molar-refractivity contribution >= 4 is 59.7 Å². The van der Waals surface area contributed by atoms with Crippen LogP contribution in [0.25, 0.3) is 0 Å². The quantitative estimate of drug-likeness (QED) is 0.0160. The van der Waals surface area contributed by atoms with Gasteiger partial charge in [0.1, 0.15) is 6.61 Å². The Balaban J connectivity index is -0.000000356. The van der Waals surface area contributed by atoms with E-state index in [1.165, 1.54) is 0 Å². The Morgan fingerprint density at radius 3 is 0.471 bits per heavy atom. The summed E-state index contributed by atoms with van der Waals surface area (Å²) in [6.07, 6.45) is -2.22. The van der Waals surface area contributed by atoms with Gasteiger partial charge in [0.15, 0.2) is 0 Å². The Hall–Kier alpha value is -6.22. The van der Waals surface area contributed by atoms with Crippen molar-refractivity contribution < 1.29 is 211 Å². The van der Waals surface area contributed by atoms with Crippen LogP contribution in [0.15, 0.2) is 0 Å². The van der Waals surface area contributed by atoms with Crippen molar-refractivity contribution in [1.29, 1.82) is 0 Å². The first-order valence-electron chi connectivity index (χ1n) is 40.6. The molecule has 726 valence electrons. The molecule has 0 rings (SSSR count). The molecule has 0 heterocycles. The summed E-state index contributed by atoms with van der Waals surface area (Å²) in [5.74, 6) is -18.8. The average molecular weight is 1780 g/mol. The van der Waals surface area contributed by atoms with E-state index in [4.69, 9.17) is 163 Å². The van der Waals surface area contributed by atoms with E-state index in [-0.39, 0.29) is 282 Å². The predicted molar refractivity (Wildman–Crippen MR) is 431 cm³/mol. The Bertz CT molecular complexity index is 2180. The molecular formula is C78H156O43. The van der Waals surface area contributed by atoms with Crippen LogP contribution in [0.3, 0.4) is 0 Å². The molecule has 0 amide bonds. The van der Waals surface area contributed by atoms with Crippen LogP contribution in [0.2, 0.25) is 0 Å². The van der Waals surface area contributed by atoms with Crippen molar-refractivity contribution in [2.75, 3.05) is 244 Å². The minimum atomic E-state index is -1.31. The number of hydrogen-bond acceptors (Lipinski definition) is 43. The lowest BCUT2D eigenvalue weighted by Crippen LogP contribution is -2.36. The molecule has 0 fully saturated rings. The summed E-state index contributed by atoms with van der Waals surface area (Å²) in [5, 5.41) is 146. The van der Waals surface area contributed by atoms with Crippen molar-refractivity contribution in [3.8, 4) is 0 Å². The summed E-state index contributed by atoms with van der Waals surface area (Å²) in [4.78, 5) is 138. The van der Waals surface area contributed by atoms with Gasteiger partial charge in [0.2, 0.25) is 0 Å². The summed E-state index contributed by atoms with van der Waals surface area (Å²) in [5.41, 5.74) is 0. The van der Waals surface area contributed by atoms with E-state index >= 15 is 0 Å². The maximum atomic E-state index is 14.2. The zero-order valence-electron chi connectivity index (χ0n) is 73.3. The fourth-order valence-corrected chi connectivity index (χ4v) is 9.52. The third-order valence-electron chi connectivity index (χ3n) is 14.4. The summed E-state index contributed by atoms with van der Waals surface area (Å²) in [6.45, 7) is 16.7. The molecule has 0 bridgehead atoms. The number of carbonyl (C=O) groups is 10. The minimum absolute atomic E-state index is 0.00542. The van der Waals surface area contributed by atoms with Gasteiger partial charge in [-0.25, -0.2) is 0 Å². The van der Waals surface area contributed by atoms with E-state index in [9.17, 15) is 47.9 Å². The maximum Gasteiger partial charge on any atom is 0.309 e. The summed E-state index contributed by atoms with van der Waals surface area (Å²) >= 11 is 0. The SMILES string of the molecule is CCOC(=O)C(C)CC(CC(CC(CC(CC(CC(CC(CC(CC(CC)C(=O)OCCOCCOCCOCCOCCO)C(=O)OCC)C(=O)OCC)C(=O)OCC)C(=O)OCC)C(=O)OCC)C(=O)OCC)C(=O)OCC)C(=O)OCC.OCCO.OCCO.OCCO.OCCO.OCCO.OCCO.OCCO.OCCO.OCCO. The molecule has 0 saturated heterocycles. The topological polar surface area (TPSA) is 684 Å². The van der Waals surface area contributed by atoms with Crippen LogP contribution in [0, 0.1) is 59.2 Å². The Morgan fingerprint density at radius 2 is 0.314 bits per heavy atom. The van der Waals surface area contributed by atoms with E-state index in [0.29, 0.717) is 26.4 Å². The van der Waals surface area contributed by atoms with E-state index in [0.717, 1.165) is 0 Å². The number of aliphatic hydroxyl groups excluding tert-OH is 19. The fraction of sp³-hybridized carbons (Fsp3) is 0.872. The molecule has 43 nitrogen and oxygen atoms in total. The van der Waals surface area contributed by atoms with Gasteiger partial charge in [0.05, 0.1) is 297 Å². The van der Waals surface area contributed by atoms with Gasteiger partial charge in [0, 0.05) is 0 Å². The van der Waals surface area contributed by atoms with Crippen LogP contribution in [0.1, 0.15) is 140 Å². The molecule has 0 aliphatic heterocycles. The number of hydrogen-bond donors (Lipinski definition) is 19. The van der Waals surface area contributed by atoms with Crippen LogP contribution >= 0.6 is 0 Å². The lowest BCUT2D eigenvalue weighted by molar-refractivity contribution is -0.159. The van der Waals surface area contributed by atoms with Gasteiger partial charge in [-0.05, 0) is 127 Å². The molecule has 43 heteroatoms. The first kappa shape index (κ1) is 135. The number of esters is 10. The van der Waals surface area contributed by atoms with Gasteiger partial charge < -0.3 is 163 Å². The van der Waals surface area contributed by atoms with Crippen LogP contribution < -0.4 is 0 Å². The molecular weight excluding hydrogens is 1620 g/mol. The molecule has 0 aliphatic carbocycles. The standard InChI is InChI=1S/C60H102O25.9C2H6O2/c1-12-42(52(63)85-31-30-75-29-28-74-27-26-73-25-24-72-23-22-61)33-44(54(65)78-15-4)35-46(56(67)80-17-6)37-48(58(69)82-19-8)39-50(60(71)84-21-10)40-49(59(70)83-20-9)38-47(57(68)81-18-7)36-45(55(66)79-16-5)34-43(53(64)77-14-3)32-41(11)51(62)76-13-2;9*3-1-2-4/h41-50,61H,12-40H2,1-11H3;9*3-4H,1-2H2. The smallest absolute Gasteiger partial charge is 0.309 e. The highest BCUT2D eigenvalue weighted by molar-refractivity contribution is 5.82. The Labute approximate surface area is 712 Å². The third kappa shape index (κ3) is 92.8. The highest BCUT2D eigenvalue weighted by atomic mass is 16.6. The summed E-state index contributed by atoms with van der Waals surface area (Å²) < 4.78 is 76.0. The molecule has 0 radical (unpaired) electrons. The van der Waals surface area contributed by atoms with Gasteiger partial charge in [-0.1, -0.05) is 13.8 Å². The van der Waals surface area contributed by atoms with Gasteiger partial charge in [-0.3, -0.25) is 47.9 Å². The van der Waals surface area contributed by atoms with Crippen molar-refractivity contribution in [2.45, 2.75) is 140 Å². The zero-order valence-corrected chi connectivity index (χ0v) is 73.3.